The maximum atomic E-state index is 4.48. The number of nitrogens with zero attached hydrogens (tertiary/aromatic N) is 3. The smallest absolute Gasteiger partial charge is 0.0951 e. The van der Waals surface area contributed by atoms with Gasteiger partial charge in [-0.3, -0.25) is 4.90 Å². The molecular formula is C16H26N4. The fourth-order valence-corrected chi connectivity index (χ4v) is 4.51. The highest BCUT2D eigenvalue weighted by Crippen LogP contribution is 2.37. The third-order valence-corrected chi connectivity index (χ3v) is 5.54. The van der Waals surface area contributed by atoms with Crippen molar-refractivity contribution in [1.29, 1.82) is 0 Å². The Morgan fingerprint density at radius 2 is 1.95 bits per heavy atom. The molecular weight excluding hydrogens is 248 g/mol. The molecule has 0 aliphatic carbocycles. The van der Waals surface area contributed by atoms with Gasteiger partial charge in [-0.25, -0.2) is 4.98 Å². The Labute approximate surface area is 121 Å². The second-order valence-corrected chi connectivity index (χ2v) is 6.68. The van der Waals surface area contributed by atoms with E-state index in [0.717, 1.165) is 12.6 Å². The van der Waals surface area contributed by atoms with Crippen LogP contribution in [0.1, 0.15) is 62.7 Å². The predicted molar refractivity (Wildman–Crippen MR) is 79.7 cm³/mol. The van der Waals surface area contributed by atoms with E-state index in [-0.39, 0.29) is 0 Å². The van der Waals surface area contributed by atoms with E-state index in [1.807, 2.05) is 0 Å². The van der Waals surface area contributed by atoms with Crippen LogP contribution >= 0.6 is 0 Å². The zero-order valence-electron chi connectivity index (χ0n) is 12.3. The van der Waals surface area contributed by atoms with Crippen LogP contribution in [0, 0.1) is 0 Å². The van der Waals surface area contributed by atoms with Crippen LogP contribution in [0.2, 0.25) is 0 Å². The molecule has 0 radical (unpaired) electrons. The van der Waals surface area contributed by atoms with Crippen molar-refractivity contribution in [3.8, 4) is 0 Å². The van der Waals surface area contributed by atoms with E-state index in [4.69, 9.17) is 0 Å². The van der Waals surface area contributed by atoms with Gasteiger partial charge in [0.2, 0.25) is 0 Å². The fourth-order valence-electron chi connectivity index (χ4n) is 4.51. The quantitative estimate of drug-likeness (QED) is 0.899. The number of nitrogens with one attached hydrogen (secondary N) is 1. The number of piperidine rings is 2. The minimum absolute atomic E-state index is 0.531. The van der Waals surface area contributed by atoms with Crippen LogP contribution in [0.15, 0.2) is 12.5 Å². The molecule has 0 bridgehead atoms. The molecule has 3 aliphatic rings. The lowest BCUT2D eigenvalue weighted by molar-refractivity contribution is 0.171. The third kappa shape index (κ3) is 2.19. The van der Waals surface area contributed by atoms with Gasteiger partial charge in [-0.2, -0.15) is 0 Å². The van der Waals surface area contributed by atoms with Crippen molar-refractivity contribution >= 4 is 0 Å². The summed E-state index contributed by atoms with van der Waals surface area (Å²) in [5.41, 5.74) is 1.43. The molecule has 0 saturated carbocycles. The molecule has 3 unspecified atom stereocenters. The van der Waals surface area contributed by atoms with Crippen molar-refractivity contribution in [2.75, 3.05) is 19.6 Å². The Hall–Kier alpha value is -0.870. The number of aromatic nitrogens is 2. The van der Waals surface area contributed by atoms with Crippen molar-refractivity contribution < 1.29 is 0 Å². The molecule has 4 heterocycles. The monoisotopic (exact) mass is 274 g/mol. The molecule has 0 amide bonds. The molecule has 0 aromatic carbocycles. The van der Waals surface area contributed by atoms with Gasteiger partial charge in [0.05, 0.1) is 18.1 Å². The average Bonchev–Trinajstić information content (AvgIpc) is 3.14. The summed E-state index contributed by atoms with van der Waals surface area (Å²) in [6, 6.07) is 1.96. The van der Waals surface area contributed by atoms with E-state index in [2.05, 4.69) is 32.3 Å². The number of hydrogen-bond acceptors (Lipinski definition) is 3. The van der Waals surface area contributed by atoms with Crippen LogP contribution < -0.4 is 5.32 Å². The summed E-state index contributed by atoms with van der Waals surface area (Å²) in [5, 5.41) is 3.68. The van der Waals surface area contributed by atoms with E-state index in [1.54, 1.807) is 0 Å². The molecule has 3 aliphatic heterocycles. The Morgan fingerprint density at radius 1 is 1.00 bits per heavy atom. The Bertz CT molecular complexity index is 449. The van der Waals surface area contributed by atoms with E-state index < -0.39 is 0 Å². The van der Waals surface area contributed by atoms with Crippen LogP contribution in [-0.2, 0) is 0 Å². The first-order chi connectivity index (χ1) is 9.93. The van der Waals surface area contributed by atoms with Crippen LogP contribution in [0.5, 0.6) is 0 Å². The van der Waals surface area contributed by atoms with Gasteiger partial charge in [-0.1, -0.05) is 12.8 Å². The number of fused-ring (bicyclic) bond motifs is 1. The molecule has 0 spiro atoms. The van der Waals surface area contributed by atoms with E-state index in [1.165, 1.54) is 63.7 Å². The SMILES string of the molecule is c1ncn(C2CCN3CCCCC23)c1C1CCCCN1. The van der Waals surface area contributed by atoms with Crippen molar-refractivity contribution in [3.05, 3.63) is 18.2 Å². The summed E-state index contributed by atoms with van der Waals surface area (Å²) in [4.78, 5) is 7.20. The molecule has 4 rings (SSSR count). The lowest BCUT2D eigenvalue weighted by Crippen LogP contribution is -2.38. The summed E-state index contributed by atoms with van der Waals surface area (Å²) in [5.74, 6) is 0. The van der Waals surface area contributed by atoms with Gasteiger partial charge in [0.25, 0.3) is 0 Å². The molecule has 4 heteroatoms. The lowest BCUT2D eigenvalue weighted by atomic mass is 9.97. The van der Waals surface area contributed by atoms with Gasteiger partial charge in [0.1, 0.15) is 0 Å². The van der Waals surface area contributed by atoms with Gasteiger partial charge in [-0.15, -0.1) is 0 Å². The first kappa shape index (κ1) is 12.8. The normalized spacial score (nSPS) is 35.1. The molecule has 3 atom stereocenters. The van der Waals surface area contributed by atoms with Crippen LogP contribution in [0.3, 0.4) is 0 Å². The second kappa shape index (κ2) is 5.49. The van der Waals surface area contributed by atoms with Crippen molar-refractivity contribution in [3.63, 3.8) is 0 Å². The van der Waals surface area contributed by atoms with E-state index in [9.17, 15) is 0 Å². The topological polar surface area (TPSA) is 33.1 Å². The molecule has 1 N–H and O–H groups in total. The standard InChI is InChI=1S/C16H26N4/c1-3-8-18-13(5-1)16-11-17-12-20(16)15-7-10-19-9-4-2-6-14(15)19/h11-15,18H,1-10H2. The first-order valence-electron chi connectivity index (χ1n) is 8.42. The van der Waals surface area contributed by atoms with Gasteiger partial charge in [-0.05, 0) is 45.2 Å². The second-order valence-electron chi connectivity index (χ2n) is 6.68. The number of hydrogen-bond donors (Lipinski definition) is 1. The Balaban J connectivity index is 1.57. The Kier molecular flexibility index (Phi) is 3.52. The molecule has 3 fully saturated rings. The first-order valence-corrected chi connectivity index (χ1v) is 8.42. The predicted octanol–water partition coefficient (Wildman–Crippen LogP) is 2.50. The summed E-state index contributed by atoms with van der Waals surface area (Å²) >= 11 is 0. The highest BCUT2D eigenvalue weighted by atomic mass is 15.3. The highest BCUT2D eigenvalue weighted by Gasteiger charge is 2.37. The zero-order valence-corrected chi connectivity index (χ0v) is 12.3. The summed E-state index contributed by atoms with van der Waals surface area (Å²) in [7, 11) is 0. The van der Waals surface area contributed by atoms with Gasteiger partial charge in [0, 0.05) is 24.8 Å². The van der Waals surface area contributed by atoms with E-state index in [0.29, 0.717) is 12.1 Å². The van der Waals surface area contributed by atoms with Gasteiger partial charge in [0.15, 0.2) is 0 Å². The molecule has 4 nitrogen and oxygen atoms in total. The molecule has 110 valence electrons. The van der Waals surface area contributed by atoms with Crippen LogP contribution in [-0.4, -0.2) is 40.1 Å². The van der Waals surface area contributed by atoms with Crippen molar-refractivity contribution in [2.45, 2.75) is 63.1 Å². The molecule has 1 aromatic rings. The lowest BCUT2D eigenvalue weighted by Gasteiger charge is -2.34. The maximum Gasteiger partial charge on any atom is 0.0951 e. The van der Waals surface area contributed by atoms with Crippen molar-refractivity contribution in [1.82, 2.24) is 19.8 Å². The largest absolute Gasteiger partial charge is 0.328 e. The minimum Gasteiger partial charge on any atom is -0.328 e. The summed E-state index contributed by atoms with van der Waals surface area (Å²) < 4.78 is 2.51. The summed E-state index contributed by atoms with van der Waals surface area (Å²) in [6.45, 7) is 3.76. The number of rotatable bonds is 2. The fraction of sp³-hybridized carbons (Fsp3) is 0.812. The zero-order chi connectivity index (χ0) is 13.4. The highest BCUT2D eigenvalue weighted by molar-refractivity contribution is 5.10. The summed E-state index contributed by atoms with van der Waals surface area (Å²) in [6.07, 6.45) is 13.6. The molecule has 1 aromatic heterocycles. The Morgan fingerprint density at radius 3 is 2.85 bits per heavy atom. The van der Waals surface area contributed by atoms with Crippen molar-refractivity contribution in [2.24, 2.45) is 0 Å². The molecule has 3 saturated heterocycles. The van der Waals surface area contributed by atoms with Crippen LogP contribution in [0.25, 0.3) is 0 Å². The van der Waals surface area contributed by atoms with Gasteiger partial charge < -0.3 is 9.88 Å². The maximum absolute atomic E-state index is 4.48. The molecule has 20 heavy (non-hydrogen) atoms. The number of imidazole rings is 1. The van der Waals surface area contributed by atoms with E-state index >= 15 is 0 Å². The minimum atomic E-state index is 0.531. The van der Waals surface area contributed by atoms with Crippen LogP contribution in [0.4, 0.5) is 0 Å². The third-order valence-electron chi connectivity index (χ3n) is 5.54. The van der Waals surface area contributed by atoms with Gasteiger partial charge >= 0.3 is 0 Å². The average molecular weight is 274 g/mol.